The maximum atomic E-state index is 13.6. The van der Waals surface area contributed by atoms with Crippen LogP contribution in [0.25, 0.3) is 0 Å². The highest BCUT2D eigenvalue weighted by Crippen LogP contribution is 2.48. The van der Waals surface area contributed by atoms with Crippen LogP contribution in [-0.2, 0) is 17.5 Å². The minimum Gasteiger partial charge on any atom is -0.493 e. The van der Waals surface area contributed by atoms with Crippen molar-refractivity contribution in [3.05, 3.63) is 23.3 Å². The first-order chi connectivity index (χ1) is 8.88. The molecule has 0 saturated carbocycles. The monoisotopic (exact) mass is 292 g/mol. The molecule has 7 heteroatoms. The SMILES string of the molecule is CCCOc1ccc(S(=O)O)c2c1CC(F)(F)C2O. The highest BCUT2D eigenvalue weighted by molar-refractivity contribution is 7.79. The number of fused-ring (bicyclic) bond motifs is 1. The highest BCUT2D eigenvalue weighted by Gasteiger charge is 2.49. The van der Waals surface area contributed by atoms with E-state index in [1.165, 1.54) is 12.1 Å². The molecule has 4 nitrogen and oxygen atoms in total. The number of hydrogen-bond acceptors (Lipinski definition) is 3. The largest absolute Gasteiger partial charge is 0.493 e. The second-order valence-corrected chi connectivity index (χ2v) is 5.33. The number of benzene rings is 1. The maximum absolute atomic E-state index is 13.6. The summed E-state index contributed by atoms with van der Waals surface area (Å²) in [7, 11) is 0. The number of halogens is 2. The Kier molecular flexibility index (Phi) is 3.89. The van der Waals surface area contributed by atoms with E-state index in [1.54, 1.807) is 0 Å². The standard InChI is InChI=1S/C12H14F2O4S/c1-2-5-18-8-3-4-9(19(16)17)10-7(8)6-12(13,14)11(10)15/h3-4,11,15H,2,5-6H2,1H3,(H,16,17). The van der Waals surface area contributed by atoms with Crippen LogP contribution in [0.15, 0.2) is 17.0 Å². The van der Waals surface area contributed by atoms with Crippen LogP contribution in [0.4, 0.5) is 8.78 Å². The molecule has 1 aliphatic carbocycles. The molecule has 2 N–H and O–H groups in total. The minimum atomic E-state index is -3.35. The topological polar surface area (TPSA) is 66.8 Å². The number of hydrogen-bond donors (Lipinski definition) is 2. The van der Waals surface area contributed by atoms with E-state index in [1.807, 2.05) is 6.92 Å². The van der Waals surface area contributed by atoms with E-state index in [9.17, 15) is 18.1 Å². The minimum absolute atomic E-state index is 0.117. The molecule has 1 aromatic carbocycles. The lowest BCUT2D eigenvalue weighted by molar-refractivity contribution is -0.0976. The molecule has 0 amide bonds. The number of alkyl halides is 2. The van der Waals surface area contributed by atoms with E-state index >= 15 is 0 Å². The molecule has 0 spiro atoms. The molecule has 0 radical (unpaired) electrons. The molecule has 0 bridgehead atoms. The summed E-state index contributed by atoms with van der Waals surface area (Å²) in [6.45, 7) is 2.23. The fraction of sp³-hybridized carbons (Fsp3) is 0.500. The lowest BCUT2D eigenvalue weighted by Gasteiger charge is -2.14. The van der Waals surface area contributed by atoms with Crippen molar-refractivity contribution in [3.8, 4) is 5.75 Å². The van der Waals surface area contributed by atoms with Crippen LogP contribution in [0.3, 0.4) is 0 Å². The van der Waals surface area contributed by atoms with Crippen LogP contribution < -0.4 is 4.74 Å². The number of ether oxygens (including phenoxy) is 1. The van der Waals surface area contributed by atoms with Crippen LogP contribution in [0.5, 0.6) is 5.75 Å². The predicted octanol–water partition coefficient (Wildman–Crippen LogP) is 2.28. The Labute approximate surface area is 111 Å². The molecule has 2 unspecified atom stereocenters. The zero-order chi connectivity index (χ0) is 14.2. The van der Waals surface area contributed by atoms with Gasteiger partial charge in [0.1, 0.15) is 11.9 Å². The number of aliphatic hydroxyl groups is 1. The van der Waals surface area contributed by atoms with Gasteiger partial charge < -0.3 is 14.4 Å². The summed E-state index contributed by atoms with van der Waals surface area (Å²) in [5.41, 5.74) is -0.0645. The third-order valence-electron chi connectivity index (χ3n) is 3.01. The van der Waals surface area contributed by atoms with E-state index in [2.05, 4.69) is 0 Å². The van der Waals surface area contributed by atoms with Crippen molar-refractivity contribution >= 4 is 11.1 Å². The summed E-state index contributed by atoms with van der Waals surface area (Å²) >= 11 is -2.43. The second kappa shape index (κ2) is 5.15. The molecule has 19 heavy (non-hydrogen) atoms. The average Bonchev–Trinajstić information content (AvgIpc) is 2.58. The van der Waals surface area contributed by atoms with Crippen LogP contribution in [0.2, 0.25) is 0 Å². The van der Waals surface area contributed by atoms with Gasteiger partial charge in [0.2, 0.25) is 0 Å². The lowest BCUT2D eigenvalue weighted by atomic mass is 10.1. The Morgan fingerprint density at radius 2 is 2.21 bits per heavy atom. The van der Waals surface area contributed by atoms with Gasteiger partial charge in [0.25, 0.3) is 5.92 Å². The van der Waals surface area contributed by atoms with Crippen LogP contribution >= 0.6 is 0 Å². The molecular weight excluding hydrogens is 278 g/mol. The quantitative estimate of drug-likeness (QED) is 0.836. The van der Waals surface area contributed by atoms with Crippen LogP contribution in [-0.4, -0.2) is 26.4 Å². The zero-order valence-electron chi connectivity index (χ0n) is 10.2. The summed E-state index contributed by atoms with van der Waals surface area (Å²) in [5, 5.41) is 9.64. The Balaban J connectivity index is 2.53. The zero-order valence-corrected chi connectivity index (χ0v) is 11.0. The average molecular weight is 292 g/mol. The Bertz CT molecular complexity index is 519. The highest BCUT2D eigenvalue weighted by atomic mass is 32.2. The smallest absolute Gasteiger partial charge is 0.281 e. The van der Waals surface area contributed by atoms with E-state index in [4.69, 9.17) is 9.29 Å². The van der Waals surface area contributed by atoms with E-state index in [0.717, 1.165) is 0 Å². The van der Waals surface area contributed by atoms with E-state index in [0.29, 0.717) is 13.0 Å². The fourth-order valence-electron chi connectivity index (χ4n) is 2.15. The Hall–Kier alpha value is -1.05. The molecular formula is C12H14F2O4S. The number of aliphatic hydroxyl groups excluding tert-OH is 1. The fourth-order valence-corrected chi connectivity index (χ4v) is 2.76. The van der Waals surface area contributed by atoms with Crippen molar-refractivity contribution in [2.75, 3.05) is 6.61 Å². The molecule has 2 rings (SSSR count). The molecule has 106 valence electrons. The first kappa shape index (κ1) is 14.4. The first-order valence-corrected chi connectivity index (χ1v) is 6.94. The van der Waals surface area contributed by atoms with Crippen molar-refractivity contribution in [1.29, 1.82) is 0 Å². The van der Waals surface area contributed by atoms with Gasteiger partial charge in [0.15, 0.2) is 11.1 Å². The van der Waals surface area contributed by atoms with Crippen molar-refractivity contribution in [3.63, 3.8) is 0 Å². The Morgan fingerprint density at radius 1 is 1.53 bits per heavy atom. The molecule has 1 aromatic rings. The molecule has 0 fully saturated rings. The van der Waals surface area contributed by atoms with Crippen molar-refractivity contribution in [1.82, 2.24) is 0 Å². The summed E-state index contributed by atoms with van der Waals surface area (Å²) in [6.07, 6.45) is -2.05. The predicted molar refractivity (Wildman–Crippen MR) is 64.9 cm³/mol. The van der Waals surface area contributed by atoms with Gasteiger partial charge in [0, 0.05) is 17.5 Å². The molecule has 2 atom stereocenters. The molecule has 1 aliphatic rings. The van der Waals surface area contributed by atoms with Crippen LogP contribution in [0, 0.1) is 0 Å². The molecule has 0 heterocycles. The van der Waals surface area contributed by atoms with Gasteiger partial charge in [-0.1, -0.05) is 6.92 Å². The summed E-state index contributed by atoms with van der Waals surface area (Å²) in [4.78, 5) is -0.191. The summed E-state index contributed by atoms with van der Waals surface area (Å²) < 4.78 is 52.8. The first-order valence-electron chi connectivity index (χ1n) is 5.83. The van der Waals surface area contributed by atoms with Gasteiger partial charge in [-0.15, -0.1) is 0 Å². The van der Waals surface area contributed by atoms with Crippen molar-refractivity contribution in [2.45, 2.75) is 36.7 Å². The molecule has 0 saturated heterocycles. The van der Waals surface area contributed by atoms with Crippen LogP contribution in [0.1, 0.15) is 30.6 Å². The van der Waals surface area contributed by atoms with Crippen molar-refractivity contribution in [2.24, 2.45) is 0 Å². The van der Waals surface area contributed by atoms with E-state index < -0.39 is 29.5 Å². The van der Waals surface area contributed by atoms with Gasteiger partial charge in [-0.25, -0.2) is 13.0 Å². The van der Waals surface area contributed by atoms with Gasteiger partial charge in [-0.3, -0.25) is 0 Å². The lowest BCUT2D eigenvalue weighted by Crippen LogP contribution is -2.22. The molecule has 0 aromatic heterocycles. The maximum Gasteiger partial charge on any atom is 0.281 e. The van der Waals surface area contributed by atoms with E-state index in [-0.39, 0.29) is 21.8 Å². The third kappa shape index (κ3) is 2.50. The van der Waals surface area contributed by atoms with Gasteiger partial charge in [-0.2, -0.15) is 0 Å². The molecule has 0 aliphatic heterocycles. The van der Waals surface area contributed by atoms with Crippen molar-refractivity contribution < 1.29 is 27.4 Å². The van der Waals surface area contributed by atoms with Gasteiger partial charge in [0.05, 0.1) is 11.5 Å². The van der Waals surface area contributed by atoms with Gasteiger partial charge >= 0.3 is 0 Å². The summed E-state index contributed by atoms with van der Waals surface area (Å²) in [5.74, 6) is -3.11. The Morgan fingerprint density at radius 3 is 2.79 bits per heavy atom. The van der Waals surface area contributed by atoms with Gasteiger partial charge in [-0.05, 0) is 18.6 Å². The normalized spacial score (nSPS) is 22.1. The third-order valence-corrected chi connectivity index (χ3v) is 3.74. The number of rotatable bonds is 4. The summed E-state index contributed by atoms with van der Waals surface area (Å²) in [6, 6.07) is 2.64. The second-order valence-electron chi connectivity index (χ2n) is 4.39.